The monoisotopic (exact) mass is 1350 g/mol. The van der Waals surface area contributed by atoms with Crippen molar-refractivity contribution >= 4 is 0 Å². The average molecular weight is 1350 g/mol. The van der Waals surface area contributed by atoms with E-state index in [1.54, 1.807) is 0 Å². The van der Waals surface area contributed by atoms with Gasteiger partial charge in [0.25, 0.3) is 0 Å². The highest BCUT2D eigenvalue weighted by atomic mass is 16.5. The van der Waals surface area contributed by atoms with Gasteiger partial charge < -0.3 is 9.47 Å². The molecule has 0 bridgehead atoms. The van der Waals surface area contributed by atoms with Crippen LogP contribution in [0.2, 0.25) is 0 Å². The molecule has 2 aromatic heterocycles. The first-order valence-corrected chi connectivity index (χ1v) is 35.9. The summed E-state index contributed by atoms with van der Waals surface area (Å²) in [6.45, 7) is 0. The molecule has 494 valence electrons. The minimum absolute atomic E-state index is 0.526. The normalized spacial score (nSPS) is 13.2. The lowest BCUT2D eigenvalue weighted by atomic mass is 9.65. The minimum atomic E-state index is -0.660. The molecule has 15 aromatic carbocycles. The average Bonchev–Trinajstić information content (AvgIpc) is 1.49. The predicted molar refractivity (Wildman–Crippen MR) is 422 cm³/mol. The van der Waals surface area contributed by atoms with Crippen LogP contribution in [0.15, 0.2) is 364 Å². The Kier molecular flexibility index (Phi) is 13.9. The van der Waals surface area contributed by atoms with Crippen LogP contribution < -0.4 is 9.47 Å². The Morgan fingerprint density at radius 2 is 0.349 bits per heavy atom. The maximum absolute atomic E-state index is 7.30. The second kappa shape index (κ2) is 24.3. The highest BCUT2D eigenvalue weighted by molar-refractivity contribution is 5.92. The summed E-state index contributed by atoms with van der Waals surface area (Å²) in [6.07, 6.45) is 0. The summed E-state index contributed by atoms with van der Waals surface area (Å²) >= 11 is 0. The lowest BCUT2D eigenvalue weighted by Gasteiger charge is -2.39. The first-order chi connectivity index (χ1) is 52.5. The van der Waals surface area contributed by atoms with E-state index in [0.717, 1.165) is 123 Å². The molecule has 2 aliphatic heterocycles. The fraction of sp³-hybridized carbons (Fsp3) is 0.0204. The summed E-state index contributed by atoms with van der Waals surface area (Å²) in [5.41, 5.74) is 27.0. The van der Waals surface area contributed by atoms with Crippen LogP contribution in [-0.2, 0) is 10.8 Å². The first kappa shape index (κ1) is 60.7. The number of ether oxygens (including phenoxy) is 2. The molecule has 17 aromatic rings. The molecule has 0 fully saturated rings. The van der Waals surface area contributed by atoms with Crippen molar-refractivity contribution in [2.45, 2.75) is 10.8 Å². The maximum atomic E-state index is 7.30. The topological polar surface area (TPSA) is 95.8 Å². The third-order valence-corrected chi connectivity index (χ3v) is 21.8. The second-order valence-electron chi connectivity index (χ2n) is 27.5. The molecule has 0 saturated carbocycles. The van der Waals surface area contributed by atoms with Crippen molar-refractivity contribution in [2.24, 2.45) is 0 Å². The quantitative estimate of drug-likeness (QED) is 0.134. The molecule has 106 heavy (non-hydrogen) atoms. The SMILES string of the molecule is c1ccc(-c2ccc(-c3nc(-c4ccccc4)nc(-c4ccc(-c5ccc6c(c5)Oc5cc(-c7ccc(-c8nc(-c9ccccc9)nc(-c9ccc(-c%10ccc%11c(c%10)Oc%10ccccc%10C%11%10c%11ccccc%11-c%11ccccc%11%10)cc9)n8)cc7)ccc5C65c6ccccc6-c6ccccc65)cc4)n3)cc2)cc1. The van der Waals surface area contributed by atoms with E-state index in [4.69, 9.17) is 39.4 Å². The molecule has 8 nitrogen and oxygen atoms in total. The molecule has 0 unspecified atom stereocenters. The van der Waals surface area contributed by atoms with E-state index in [1.165, 1.54) is 44.5 Å². The molecule has 0 radical (unpaired) electrons. The number of para-hydroxylation sites is 1. The van der Waals surface area contributed by atoms with E-state index in [-0.39, 0.29) is 0 Å². The molecular formula is C98H60N6O2. The molecule has 4 heterocycles. The molecule has 4 aliphatic rings. The Morgan fingerprint density at radius 3 is 0.660 bits per heavy atom. The van der Waals surface area contributed by atoms with Gasteiger partial charge in [-0.2, -0.15) is 0 Å². The Hall–Kier alpha value is -14.1. The lowest BCUT2D eigenvalue weighted by Crippen LogP contribution is -2.32. The summed E-state index contributed by atoms with van der Waals surface area (Å²) in [5.74, 6) is 6.86. The van der Waals surface area contributed by atoms with Gasteiger partial charge in [-0.3, -0.25) is 0 Å². The predicted octanol–water partition coefficient (Wildman–Crippen LogP) is 23.7. The van der Waals surface area contributed by atoms with Crippen molar-refractivity contribution in [3.63, 3.8) is 0 Å². The number of rotatable bonds is 10. The molecule has 21 rings (SSSR count). The maximum Gasteiger partial charge on any atom is 0.164 e. The van der Waals surface area contributed by atoms with Crippen LogP contribution in [0.4, 0.5) is 0 Å². The van der Waals surface area contributed by atoms with Crippen molar-refractivity contribution in [3.05, 3.63) is 408 Å². The van der Waals surface area contributed by atoms with Crippen LogP contribution in [0, 0.1) is 0 Å². The van der Waals surface area contributed by atoms with Gasteiger partial charge in [0.2, 0.25) is 0 Å². The van der Waals surface area contributed by atoms with Crippen molar-refractivity contribution in [3.8, 4) is 158 Å². The van der Waals surface area contributed by atoms with Gasteiger partial charge in [0.1, 0.15) is 23.0 Å². The summed E-state index contributed by atoms with van der Waals surface area (Å²) in [7, 11) is 0. The van der Waals surface area contributed by atoms with Gasteiger partial charge in [-0.1, -0.05) is 340 Å². The highest BCUT2D eigenvalue weighted by Crippen LogP contribution is 2.64. The van der Waals surface area contributed by atoms with Crippen molar-refractivity contribution in [2.75, 3.05) is 0 Å². The van der Waals surface area contributed by atoms with Crippen molar-refractivity contribution in [1.29, 1.82) is 0 Å². The minimum Gasteiger partial charge on any atom is -0.457 e. The molecule has 0 amide bonds. The van der Waals surface area contributed by atoms with Gasteiger partial charge in [0.15, 0.2) is 34.9 Å². The number of nitrogens with zero attached hydrogens (tertiary/aromatic N) is 6. The van der Waals surface area contributed by atoms with Crippen LogP contribution in [-0.4, -0.2) is 29.9 Å². The first-order valence-electron chi connectivity index (χ1n) is 35.9. The van der Waals surface area contributed by atoms with Crippen LogP contribution in [0.3, 0.4) is 0 Å². The highest BCUT2D eigenvalue weighted by Gasteiger charge is 2.53. The fourth-order valence-corrected chi connectivity index (χ4v) is 16.9. The molecule has 0 atom stereocenters. The van der Waals surface area contributed by atoms with Crippen LogP contribution >= 0.6 is 0 Å². The zero-order valence-corrected chi connectivity index (χ0v) is 57.1. The van der Waals surface area contributed by atoms with Gasteiger partial charge in [0, 0.05) is 55.6 Å². The van der Waals surface area contributed by atoms with Crippen molar-refractivity contribution < 1.29 is 9.47 Å². The largest absolute Gasteiger partial charge is 0.457 e. The Morgan fingerprint density at radius 1 is 0.151 bits per heavy atom. The number of aromatic nitrogens is 6. The van der Waals surface area contributed by atoms with E-state index in [2.05, 4.69) is 297 Å². The van der Waals surface area contributed by atoms with E-state index >= 15 is 0 Å². The van der Waals surface area contributed by atoms with E-state index in [1.807, 2.05) is 66.7 Å². The smallest absolute Gasteiger partial charge is 0.164 e. The van der Waals surface area contributed by atoms with Gasteiger partial charge >= 0.3 is 0 Å². The third-order valence-electron chi connectivity index (χ3n) is 21.8. The van der Waals surface area contributed by atoms with E-state index in [0.29, 0.717) is 34.9 Å². The number of hydrogen-bond acceptors (Lipinski definition) is 8. The summed E-state index contributed by atoms with van der Waals surface area (Å²) in [5, 5.41) is 0. The summed E-state index contributed by atoms with van der Waals surface area (Å²) in [6, 6.07) is 129. The molecule has 2 spiro atoms. The Labute approximate surface area is 613 Å². The number of hydrogen-bond donors (Lipinski definition) is 0. The van der Waals surface area contributed by atoms with E-state index < -0.39 is 10.8 Å². The third kappa shape index (κ3) is 9.62. The molecule has 0 saturated heterocycles. The van der Waals surface area contributed by atoms with Gasteiger partial charge in [0.05, 0.1) is 10.8 Å². The van der Waals surface area contributed by atoms with E-state index in [9.17, 15) is 0 Å². The zero-order valence-electron chi connectivity index (χ0n) is 57.1. The molecule has 2 aliphatic carbocycles. The van der Waals surface area contributed by atoms with Crippen LogP contribution in [0.1, 0.15) is 44.5 Å². The molecular weight excluding hydrogens is 1290 g/mol. The molecule has 0 N–H and O–H groups in total. The standard InChI is InChI=1S/C98H60N6O2/c1-4-20-61(21-5-1)62-36-44-68(45-37-62)93-99-91(66-22-6-2-7-23-66)100-94(103-93)70-48-40-64(41-49-70)73-53-56-85-89(59-73)106-90-60-74(54-57-86(90)98(85)81-32-16-12-28-77(81)78-29-13-17-33-82(78)98)65-42-50-71(51-43-65)96-102-92(67-24-8-3-9-25-67)101-95(104-96)69-46-38-63(39-47-69)72-52-55-84-88(58-72)105-87-35-19-18-34-83(87)97(84)79-30-14-10-26-75(79)76-27-11-15-31-80(76)97/h1-60H. The lowest BCUT2D eigenvalue weighted by molar-refractivity contribution is 0.436. The van der Waals surface area contributed by atoms with Crippen LogP contribution in [0.5, 0.6) is 23.0 Å². The number of benzene rings is 15. The number of fused-ring (bicyclic) bond motifs is 18. The van der Waals surface area contributed by atoms with Crippen molar-refractivity contribution in [1.82, 2.24) is 29.9 Å². The van der Waals surface area contributed by atoms with Gasteiger partial charge in [-0.25, -0.2) is 29.9 Å². The second-order valence-corrected chi connectivity index (χ2v) is 27.5. The fourth-order valence-electron chi connectivity index (χ4n) is 16.9. The van der Waals surface area contributed by atoms with Gasteiger partial charge in [-0.15, -0.1) is 0 Å². The molecule has 8 heteroatoms. The summed E-state index contributed by atoms with van der Waals surface area (Å²) < 4.78 is 14.2. The van der Waals surface area contributed by atoms with Crippen LogP contribution in [0.25, 0.3) is 135 Å². The van der Waals surface area contributed by atoms with Gasteiger partial charge in [-0.05, 0) is 113 Å². The summed E-state index contributed by atoms with van der Waals surface area (Å²) in [4.78, 5) is 30.8. The zero-order chi connectivity index (χ0) is 69.9. The Balaban J connectivity index is 0.605. The Bertz CT molecular complexity index is 6270.